The number of aliphatic imine (C=N–C) groups is 1. The summed E-state index contributed by atoms with van der Waals surface area (Å²) in [6.45, 7) is 2.03. The van der Waals surface area contributed by atoms with E-state index in [0.29, 0.717) is 5.82 Å². The number of anilines is 1. The van der Waals surface area contributed by atoms with Gasteiger partial charge < -0.3 is 16.4 Å². The van der Waals surface area contributed by atoms with Crippen LogP contribution < -0.4 is 21.8 Å². The second kappa shape index (κ2) is 9.47. The lowest BCUT2D eigenvalue weighted by molar-refractivity contribution is 0.0907. The van der Waals surface area contributed by atoms with Gasteiger partial charge in [-0.15, -0.1) is 0 Å². The number of aromatic nitrogens is 2. The number of nitrogens with one attached hydrogen (secondary N) is 3. The average molecular weight is 426 g/mol. The first-order chi connectivity index (χ1) is 15.0. The van der Waals surface area contributed by atoms with Crippen LogP contribution in [0.25, 0.3) is 10.9 Å². The van der Waals surface area contributed by atoms with Gasteiger partial charge >= 0.3 is 0 Å². The van der Waals surface area contributed by atoms with Crippen LogP contribution in [-0.2, 0) is 4.84 Å². The molecule has 2 aliphatic rings. The van der Waals surface area contributed by atoms with Crippen LogP contribution >= 0.6 is 0 Å². The fourth-order valence-corrected chi connectivity index (χ4v) is 4.18. The Kier molecular flexibility index (Phi) is 6.50. The highest BCUT2D eigenvalue weighted by Crippen LogP contribution is 2.28. The Bertz CT molecular complexity index is 974. The fraction of sp³-hybridized carbons (Fsp3) is 0.545. The van der Waals surface area contributed by atoms with Crippen LogP contribution in [-0.4, -0.2) is 47.1 Å². The summed E-state index contributed by atoms with van der Waals surface area (Å²) in [4.78, 5) is 31.4. The zero-order valence-electron chi connectivity index (χ0n) is 18.1. The lowest BCUT2D eigenvalue weighted by Gasteiger charge is -2.30. The van der Waals surface area contributed by atoms with Gasteiger partial charge in [-0.3, -0.25) is 9.63 Å². The lowest BCUT2D eigenvalue weighted by atomic mass is 9.90. The number of guanidine groups is 1. The van der Waals surface area contributed by atoms with Crippen molar-refractivity contribution in [3.05, 3.63) is 29.6 Å². The van der Waals surface area contributed by atoms with Gasteiger partial charge in [-0.25, -0.2) is 20.4 Å². The second-order valence-corrected chi connectivity index (χ2v) is 8.44. The van der Waals surface area contributed by atoms with Crippen LogP contribution in [0.15, 0.2) is 23.2 Å². The first-order valence-corrected chi connectivity index (χ1v) is 11.0. The molecule has 5 N–H and O–H groups in total. The van der Waals surface area contributed by atoms with E-state index in [-0.39, 0.29) is 35.8 Å². The summed E-state index contributed by atoms with van der Waals surface area (Å²) in [5, 5.41) is 7.50. The Hall–Kier alpha value is -2.94. The lowest BCUT2D eigenvalue weighted by Crippen LogP contribution is -2.41. The summed E-state index contributed by atoms with van der Waals surface area (Å²) < 4.78 is 0. The zero-order chi connectivity index (χ0) is 21.8. The molecule has 9 heteroatoms. The maximum Gasteiger partial charge on any atom is 0.289 e. The number of fused-ring (bicyclic) bond motifs is 1. The molecule has 1 amide bonds. The first-order valence-electron chi connectivity index (χ1n) is 11.0. The van der Waals surface area contributed by atoms with Crippen LogP contribution in [0.3, 0.4) is 0 Å². The number of carbonyl (C=O) groups is 1. The SMILES string of the molecule is CONC(N)=N[C@@H]1CCCC[C@@H]1Nc1nc(C(=O)NC2CCC2)nc2ccc(C)cc12. The van der Waals surface area contributed by atoms with Gasteiger partial charge in [-0.2, -0.15) is 0 Å². The maximum absolute atomic E-state index is 12.8. The molecule has 1 aromatic heterocycles. The van der Waals surface area contributed by atoms with Crippen molar-refractivity contribution in [1.82, 2.24) is 20.8 Å². The number of rotatable bonds is 6. The molecule has 31 heavy (non-hydrogen) atoms. The van der Waals surface area contributed by atoms with Crippen molar-refractivity contribution in [2.24, 2.45) is 10.7 Å². The molecule has 2 fully saturated rings. The van der Waals surface area contributed by atoms with Crippen molar-refractivity contribution >= 4 is 28.6 Å². The Morgan fingerprint density at radius 2 is 1.97 bits per heavy atom. The van der Waals surface area contributed by atoms with Gasteiger partial charge in [0.1, 0.15) is 5.82 Å². The summed E-state index contributed by atoms with van der Waals surface area (Å²) in [5.41, 5.74) is 10.4. The smallest absolute Gasteiger partial charge is 0.289 e. The third kappa shape index (κ3) is 5.04. The number of hydrogen-bond acceptors (Lipinski definition) is 6. The van der Waals surface area contributed by atoms with Gasteiger partial charge in [-0.05, 0) is 51.2 Å². The number of carbonyl (C=O) groups excluding carboxylic acids is 1. The van der Waals surface area contributed by atoms with Crippen LogP contribution in [0, 0.1) is 6.92 Å². The van der Waals surface area contributed by atoms with Gasteiger partial charge in [-0.1, -0.05) is 24.5 Å². The molecule has 0 spiro atoms. The summed E-state index contributed by atoms with van der Waals surface area (Å²) >= 11 is 0. The number of hydroxylamine groups is 1. The Balaban J connectivity index is 1.64. The second-order valence-electron chi connectivity index (χ2n) is 8.44. The molecular weight excluding hydrogens is 394 g/mol. The Morgan fingerprint density at radius 3 is 2.71 bits per heavy atom. The predicted molar refractivity (Wildman–Crippen MR) is 121 cm³/mol. The summed E-state index contributed by atoms with van der Waals surface area (Å²) in [6.07, 6.45) is 7.23. The molecule has 0 radical (unpaired) electrons. The average Bonchev–Trinajstić information content (AvgIpc) is 2.72. The molecule has 0 bridgehead atoms. The number of hydrogen-bond donors (Lipinski definition) is 4. The molecule has 9 nitrogen and oxygen atoms in total. The number of benzene rings is 1. The zero-order valence-corrected chi connectivity index (χ0v) is 18.1. The van der Waals surface area contributed by atoms with E-state index >= 15 is 0 Å². The topological polar surface area (TPSA) is 127 Å². The normalized spacial score (nSPS) is 22.1. The molecular formula is C22H31N7O2. The van der Waals surface area contributed by atoms with Crippen LogP contribution in [0.1, 0.15) is 61.1 Å². The van der Waals surface area contributed by atoms with Crippen molar-refractivity contribution in [1.29, 1.82) is 0 Å². The van der Waals surface area contributed by atoms with E-state index in [1.807, 2.05) is 25.1 Å². The molecule has 2 aliphatic carbocycles. The molecule has 0 saturated heterocycles. The van der Waals surface area contributed by atoms with Crippen molar-refractivity contribution in [2.75, 3.05) is 12.4 Å². The van der Waals surface area contributed by atoms with E-state index in [0.717, 1.165) is 61.4 Å². The highest BCUT2D eigenvalue weighted by atomic mass is 16.6. The van der Waals surface area contributed by atoms with E-state index in [1.165, 1.54) is 7.11 Å². The van der Waals surface area contributed by atoms with Gasteiger partial charge in [0.2, 0.25) is 11.8 Å². The minimum absolute atomic E-state index is 0.0153. The van der Waals surface area contributed by atoms with Crippen LogP contribution in [0.5, 0.6) is 0 Å². The van der Waals surface area contributed by atoms with Crippen molar-refractivity contribution < 1.29 is 9.63 Å². The minimum atomic E-state index is -0.220. The molecule has 2 saturated carbocycles. The molecule has 2 atom stereocenters. The van der Waals surface area contributed by atoms with Gasteiger partial charge in [0.15, 0.2) is 0 Å². The molecule has 2 aromatic rings. The van der Waals surface area contributed by atoms with Gasteiger partial charge in [0, 0.05) is 11.4 Å². The van der Waals surface area contributed by atoms with Gasteiger partial charge in [0.25, 0.3) is 5.91 Å². The molecule has 166 valence electrons. The molecule has 1 aromatic carbocycles. The van der Waals surface area contributed by atoms with E-state index in [1.54, 1.807) is 0 Å². The van der Waals surface area contributed by atoms with Gasteiger partial charge in [0.05, 0.1) is 24.7 Å². The third-order valence-corrected chi connectivity index (χ3v) is 6.06. The summed E-state index contributed by atoms with van der Waals surface area (Å²) in [5.74, 6) is 0.896. The highest BCUT2D eigenvalue weighted by Gasteiger charge is 2.27. The first kappa shape index (κ1) is 21.3. The molecule has 1 heterocycles. The highest BCUT2D eigenvalue weighted by molar-refractivity contribution is 5.96. The summed E-state index contributed by atoms with van der Waals surface area (Å²) in [6, 6.07) is 6.25. The van der Waals surface area contributed by atoms with Crippen LogP contribution in [0.4, 0.5) is 5.82 Å². The summed E-state index contributed by atoms with van der Waals surface area (Å²) in [7, 11) is 1.50. The van der Waals surface area contributed by atoms with E-state index in [2.05, 4.69) is 31.1 Å². The largest absolute Gasteiger partial charge is 0.368 e. The van der Waals surface area contributed by atoms with Crippen molar-refractivity contribution in [2.45, 2.75) is 70.0 Å². The van der Waals surface area contributed by atoms with E-state index < -0.39 is 0 Å². The number of nitrogens with two attached hydrogens (primary N) is 1. The standard InChI is InChI=1S/C22H31N7O2/c1-13-10-11-16-15(12-13)19(28-20(25-16)21(30)24-14-6-5-7-14)26-17-8-3-4-9-18(17)27-22(23)29-31-2/h10-12,14,17-18H,3-9H2,1-2H3,(H,24,30)(H3,23,27,29)(H,25,26,28)/t17-,18+/m0/s1. The third-order valence-electron chi connectivity index (χ3n) is 6.06. The molecule has 0 unspecified atom stereocenters. The fourth-order valence-electron chi connectivity index (χ4n) is 4.18. The number of amides is 1. The van der Waals surface area contributed by atoms with Crippen molar-refractivity contribution in [3.63, 3.8) is 0 Å². The Labute approximate surface area is 182 Å². The predicted octanol–water partition coefficient (Wildman–Crippen LogP) is 2.41. The molecule has 0 aliphatic heterocycles. The van der Waals surface area contributed by atoms with E-state index in [9.17, 15) is 4.79 Å². The van der Waals surface area contributed by atoms with Crippen molar-refractivity contribution in [3.8, 4) is 0 Å². The van der Waals surface area contributed by atoms with Crippen LogP contribution in [0.2, 0.25) is 0 Å². The molecule has 4 rings (SSSR count). The number of nitrogens with zero attached hydrogens (tertiary/aromatic N) is 3. The quantitative estimate of drug-likeness (QED) is 0.318. The maximum atomic E-state index is 12.8. The number of aryl methyl sites for hydroxylation is 1. The monoisotopic (exact) mass is 425 g/mol. The minimum Gasteiger partial charge on any atom is -0.368 e. The van der Waals surface area contributed by atoms with E-state index in [4.69, 9.17) is 10.6 Å². The Morgan fingerprint density at radius 1 is 1.16 bits per heavy atom.